The van der Waals surface area contributed by atoms with Gasteiger partial charge in [-0.15, -0.1) is 0 Å². The van der Waals surface area contributed by atoms with Gasteiger partial charge in [-0.05, 0) is 66.2 Å². The van der Waals surface area contributed by atoms with E-state index in [9.17, 15) is 10.1 Å². The number of nitrogens with zero attached hydrogens (tertiary/aromatic N) is 3. The number of benzene rings is 3. The molecular formula is C23H23N3O4. The van der Waals surface area contributed by atoms with Crippen molar-refractivity contribution in [3.05, 3.63) is 88.5 Å². The lowest BCUT2D eigenvalue weighted by Gasteiger charge is -2.33. The van der Waals surface area contributed by atoms with Gasteiger partial charge in [0.25, 0.3) is 5.69 Å². The molecule has 3 aromatic rings. The molecule has 0 bridgehead atoms. The molecule has 3 aromatic carbocycles. The van der Waals surface area contributed by atoms with Crippen molar-refractivity contribution in [2.24, 2.45) is 0 Å². The maximum absolute atomic E-state index is 11.1. The lowest BCUT2D eigenvalue weighted by Crippen LogP contribution is -2.30. The molecule has 0 aromatic heterocycles. The van der Waals surface area contributed by atoms with Gasteiger partial charge in [-0.1, -0.05) is 0 Å². The van der Waals surface area contributed by atoms with E-state index in [1.54, 1.807) is 26.4 Å². The molecule has 0 radical (unpaired) electrons. The Morgan fingerprint density at radius 1 is 0.767 bits per heavy atom. The Labute approximate surface area is 175 Å². The van der Waals surface area contributed by atoms with Crippen LogP contribution in [0.3, 0.4) is 0 Å². The lowest BCUT2D eigenvalue weighted by molar-refractivity contribution is -0.384. The molecule has 1 saturated heterocycles. The molecule has 7 heteroatoms. The van der Waals surface area contributed by atoms with E-state index in [4.69, 9.17) is 9.47 Å². The highest BCUT2D eigenvalue weighted by Gasteiger charge is 2.34. The zero-order valence-corrected chi connectivity index (χ0v) is 16.9. The minimum absolute atomic E-state index is 0.0868. The van der Waals surface area contributed by atoms with Gasteiger partial charge in [-0.2, -0.15) is 0 Å². The number of hydrogen-bond donors (Lipinski definition) is 0. The number of anilines is 2. The lowest BCUT2D eigenvalue weighted by atomic mass is 10.1. The fraction of sp³-hybridized carbons (Fsp3) is 0.217. The van der Waals surface area contributed by atoms with Gasteiger partial charge in [0.2, 0.25) is 0 Å². The predicted octanol–water partition coefficient (Wildman–Crippen LogP) is 4.64. The smallest absolute Gasteiger partial charge is 0.269 e. The Bertz CT molecular complexity index is 949. The topological polar surface area (TPSA) is 68.1 Å². The van der Waals surface area contributed by atoms with Crippen LogP contribution in [0, 0.1) is 10.1 Å². The van der Waals surface area contributed by atoms with Crippen LogP contribution in [0.1, 0.15) is 11.7 Å². The molecule has 0 N–H and O–H groups in total. The molecule has 0 unspecified atom stereocenters. The summed E-state index contributed by atoms with van der Waals surface area (Å²) in [5.41, 5.74) is 3.21. The van der Waals surface area contributed by atoms with Gasteiger partial charge in [0.15, 0.2) is 0 Å². The summed E-state index contributed by atoms with van der Waals surface area (Å²) < 4.78 is 10.6. The van der Waals surface area contributed by atoms with Crippen molar-refractivity contribution in [3.8, 4) is 11.5 Å². The highest BCUT2D eigenvalue weighted by Crippen LogP contribution is 2.39. The summed E-state index contributed by atoms with van der Waals surface area (Å²) in [5.74, 6) is 1.61. The zero-order chi connectivity index (χ0) is 21.1. The molecule has 30 heavy (non-hydrogen) atoms. The largest absolute Gasteiger partial charge is 0.497 e. The maximum atomic E-state index is 11.1. The number of methoxy groups -OCH3 is 2. The number of rotatable bonds is 6. The van der Waals surface area contributed by atoms with Crippen LogP contribution in [0.4, 0.5) is 17.1 Å². The summed E-state index contributed by atoms with van der Waals surface area (Å²) in [6.45, 7) is 1.64. The summed E-state index contributed by atoms with van der Waals surface area (Å²) in [7, 11) is 3.30. The Kier molecular flexibility index (Phi) is 5.43. The predicted molar refractivity (Wildman–Crippen MR) is 117 cm³/mol. The van der Waals surface area contributed by atoms with Crippen LogP contribution in [-0.4, -0.2) is 32.2 Å². The van der Waals surface area contributed by atoms with Crippen molar-refractivity contribution in [1.82, 2.24) is 0 Å². The minimum atomic E-state index is -0.374. The molecule has 1 heterocycles. The van der Waals surface area contributed by atoms with Crippen molar-refractivity contribution in [2.45, 2.75) is 6.17 Å². The van der Waals surface area contributed by atoms with Gasteiger partial charge in [-0.25, -0.2) is 0 Å². The Hall–Kier alpha value is -3.74. The Balaban J connectivity index is 1.72. The van der Waals surface area contributed by atoms with E-state index in [2.05, 4.69) is 9.80 Å². The third-order valence-corrected chi connectivity index (χ3v) is 5.38. The highest BCUT2D eigenvalue weighted by molar-refractivity contribution is 5.60. The molecule has 154 valence electrons. The number of nitro groups is 1. The van der Waals surface area contributed by atoms with Crippen molar-refractivity contribution in [3.63, 3.8) is 0 Å². The van der Waals surface area contributed by atoms with Crippen LogP contribution in [0.25, 0.3) is 0 Å². The first-order chi connectivity index (χ1) is 14.6. The molecule has 0 spiro atoms. The monoisotopic (exact) mass is 405 g/mol. The Morgan fingerprint density at radius 3 is 1.57 bits per heavy atom. The molecule has 1 fully saturated rings. The van der Waals surface area contributed by atoms with E-state index >= 15 is 0 Å². The highest BCUT2D eigenvalue weighted by atomic mass is 16.6. The van der Waals surface area contributed by atoms with Gasteiger partial charge >= 0.3 is 0 Å². The summed E-state index contributed by atoms with van der Waals surface area (Å²) in [5, 5.41) is 11.1. The van der Waals surface area contributed by atoms with Crippen molar-refractivity contribution in [1.29, 1.82) is 0 Å². The fourth-order valence-corrected chi connectivity index (χ4v) is 3.84. The van der Waals surface area contributed by atoms with E-state index in [1.165, 1.54) is 0 Å². The normalized spacial score (nSPS) is 14.1. The number of ether oxygens (including phenoxy) is 2. The van der Waals surface area contributed by atoms with Crippen LogP contribution in [0.15, 0.2) is 72.8 Å². The van der Waals surface area contributed by atoms with E-state index < -0.39 is 0 Å². The molecule has 0 saturated carbocycles. The molecule has 7 nitrogen and oxygen atoms in total. The first kappa shape index (κ1) is 19.6. The third-order valence-electron chi connectivity index (χ3n) is 5.38. The Morgan fingerprint density at radius 2 is 1.20 bits per heavy atom. The fourth-order valence-electron chi connectivity index (χ4n) is 3.84. The molecule has 0 amide bonds. The number of nitro benzene ring substituents is 1. The average molecular weight is 405 g/mol. The van der Waals surface area contributed by atoms with Gasteiger partial charge in [-0.3, -0.25) is 10.1 Å². The van der Waals surface area contributed by atoms with Gasteiger partial charge in [0, 0.05) is 36.6 Å². The van der Waals surface area contributed by atoms with Crippen molar-refractivity contribution in [2.75, 3.05) is 37.1 Å². The van der Waals surface area contributed by atoms with E-state index in [-0.39, 0.29) is 16.8 Å². The van der Waals surface area contributed by atoms with Crippen LogP contribution in [0.2, 0.25) is 0 Å². The van der Waals surface area contributed by atoms with E-state index in [0.29, 0.717) is 0 Å². The quantitative estimate of drug-likeness (QED) is 0.440. The third kappa shape index (κ3) is 3.74. The number of hydrogen-bond acceptors (Lipinski definition) is 6. The second-order valence-electron chi connectivity index (χ2n) is 7.01. The average Bonchev–Trinajstić information content (AvgIpc) is 3.24. The maximum Gasteiger partial charge on any atom is 0.269 e. The second-order valence-corrected chi connectivity index (χ2v) is 7.01. The second kappa shape index (κ2) is 8.32. The van der Waals surface area contributed by atoms with Gasteiger partial charge in [0.1, 0.15) is 17.7 Å². The molecule has 1 aliphatic rings. The SMILES string of the molecule is COc1ccc(N2CCN(c3ccc(OC)cc3)C2c2ccc([N+](=O)[O-])cc2)cc1. The number of non-ortho nitro benzene ring substituents is 1. The molecule has 0 aliphatic carbocycles. The van der Waals surface area contributed by atoms with Crippen LogP contribution >= 0.6 is 0 Å². The first-order valence-corrected chi connectivity index (χ1v) is 9.66. The molecular weight excluding hydrogens is 382 g/mol. The zero-order valence-electron chi connectivity index (χ0n) is 16.9. The van der Waals surface area contributed by atoms with Gasteiger partial charge < -0.3 is 19.3 Å². The van der Waals surface area contributed by atoms with Crippen LogP contribution in [0.5, 0.6) is 11.5 Å². The van der Waals surface area contributed by atoms with E-state index in [0.717, 1.165) is 41.5 Å². The summed E-state index contributed by atoms with van der Waals surface area (Å²) in [6.07, 6.45) is -0.0902. The molecule has 4 rings (SSSR count). The molecule has 1 aliphatic heterocycles. The van der Waals surface area contributed by atoms with E-state index in [1.807, 2.05) is 60.7 Å². The van der Waals surface area contributed by atoms with Crippen molar-refractivity contribution >= 4 is 17.1 Å². The minimum Gasteiger partial charge on any atom is -0.497 e. The summed E-state index contributed by atoms with van der Waals surface area (Å²) >= 11 is 0. The standard InChI is InChI=1S/C23H23N3O4/c1-29-21-11-7-18(8-12-21)24-15-16-25(19-9-13-22(30-2)14-10-19)23(24)17-3-5-20(6-4-17)26(27)28/h3-14,23H,15-16H2,1-2H3. The van der Waals surface area contributed by atoms with Gasteiger partial charge in [0.05, 0.1) is 19.1 Å². The van der Waals surface area contributed by atoms with Crippen molar-refractivity contribution < 1.29 is 14.4 Å². The summed E-state index contributed by atoms with van der Waals surface area (Å²) in [6, 6.07) is 22.7. The van der Waals surface area contributed by atoms with Crippen LogP contribution < -0.4 is 19.3 Å². The summed E-state index contributed by atoms with van der Waals surface area (Å²) in [4.78, 5) is 15.3. The van der Waals surface area contributed by atoms with Crippen LogP contribution in [-0.2, 0) is 0 Å². The molecule has 0 atom stereocenters. The first-order valence-electron chi connectivity index (χ1n) is 9.66.